The predicted molar refractivity (Wildman–Crippen MR) is 92.6 cm³/mol. The molecule has 3 rings (SSSR count). The molecule has 1 fully saturated rings. The van der Waals surface area contributed by atoms with Crippen LogP contribution in [0.4, 0.5) is 0 Å². The first-order chi connectivity index (χ1) is 11.4. The Morgan fingerprint density at radius 3 is 2.83 bits per heavy atom. The van der Waals surface area contributed by atoms with Crippen LogP contribution in [-0.2, 0) is 11.5 Å². The minimum absolute atomic E-state index is 0.0726. The third kappa shape index (κ3) is 3.88. The van der Waals surface area contributed by atoms with Gasteiger partial charge in [-0.05, 0) is 66.5 Å². The first-order valence-corrected chi connectivity index (χ1v) is 8.56. The van der Waals surface area contributed by atoms with Crippen molar-refractivity contribution in [2.45, 2.75) is 39.4 Å². The number of aromatic nitrogens is 4. The highest BCUT2D eigenvalue weighted by Gasteiger charge is 2.24. The number of nitrogens with one attached hydrogen (secondary N) is 2. The van der Waals surface area contributed by atoms with Gasteiger partial charge in [0.2, 0.25) is 4.77 Å². The average Bonchev–Trinajstić information content (AvgIpc) is 3.26. The van der Waals surface area contributed by atoms with E-state index in [1.54, 1.807) is 9.36 Å². The largest absolute Gasteiger partial charge is 0.348 e. The Balaban J connectivity index is 1.71. The van der Waals surface area contributed by atoms with Crippen LogP contribution in [0.2, 0.25) is 0 Å². The van der Waals surface area contributed by atoms with Crippen molar-refractivity contribution in [3.05, 3.63) is 34.1 Å². The van der Waals surface area contributed by atoms with Gasteiger partial charge >= 0.3 is 0 Å². The molecule has 1 aliphatic rings. The fourth-order valence-electron chi connectivity index (χ4n) is 2.56. The predicted octanol–water partition coefficient (Wildman–Crippen LogP) is 0.166. The van der Waals surface area contributed by atoms with E-state index in [2.05, 4.69) is 21.8 Å². The Bertz CT molecular complexity index is 807. The van der Waals surface area contributed by atoms with Crippen LogP contribution in [0.3, 0.4) is 0 Å². The molecular weight excluding hydrogens is 324 g/mol. The van der Waals surface area contributed by atoms with Gasteiger partial charge in [0, 0.05) is 6.04 Å². The zero-order chi connectivity index (χ0) is 17.3. The smallest absolute Gasteiger partial charge is 0.275 e. The Hall–Kier alpha value is -2.06. The minimum atomic E-state index is 0.0726. The van der Waals surface area contributed by atoms with Crippen molar-refractivity contribution in [1.82, 2.24) is 25.1 Å². The fourth-order valence-corrected chi connectivity index (χ4v) is 2.80. The van der Waals surface area contributed by atoms with Crippen molar-refractivity contribution in [2.75, 3.05) is 13.6 Å². The van der Waals surface area contributed by atoms with Gasteiger partial charge in [-0.15, -0.1) is 0 Å². The molecule has 0 saturated heterocycles. The summed E-state index contributed by atoms with van der Waals surface area (Å²) in [6.07, 6.45) is 2.19. The van der Waals surface area contributed by atoms with Gasteiger partial charge in [0.05, 0.1) is 12.7 Å². The van der Waals surface area contributed by atoms with Crippen LogP contribution >= 0.6 is 12.2 Å². The maximum atomic E-state index is 11.9. The van der Waals surface area contributed by atoms with Gasteiger partial charge in [0.15, 0.2) is 13.2 Å². The normalized spacial score (nSPS) is 15.3. The number of aryl methyl sites for hydroxylation is 2. The van der Waals surface area contributed by atoms with Gasteiger partial charge in [0.1, 0.15) is 0 Å². The lowest BCUT2D eigenvalue weighted by Crippen LogP contribution is -3.09. The van der Waals surface area contributed by atoms with Crippen molar-refractivity contribution < 1.29 is 9.69 Å². The second-order valence-electron chi connectivity index (χ2n) is 6.60. The number of likely N-dealkylation sites (N-methyl/N-ethyl adjacent to an activating group) is 1. The Labute approximate surface area is 146 Å². The molecule has 0 aliphatic heterocycles. The third-order valence-corrected chi connectivity index (χ3v) is 4.44. The molecule has 1 amide bonds. The van der Waals surface area contributed by atoms with E-state index in [4.69, 9.17) is 12.2 Å². The maximum absolute atomic E-state index is 11.9. The van der Waals surface area contributed by atoms with Crippen LogP contribution in [0.15, 0.2) is 18.2 Å². The lowest BCUT2D eigenvalue weighted by Gasteiger charge is -2.13. The van der Waals surface area contributed by atoms with E-state index in [-0.39, 0.29) is 5.91 Å². The minimum Gasteiger partial charge on any atom is -0.348 e. The number of benzene rings is 1. The van der Waals surface area contributed by atoms with Crippen LogP contribution < -0.4 is 10.2 Å². The molecule has 0 spiro atoms. The van der Waals surface area contributed by atoms with Crippen LogP contribution in [0.1, 0.15) is 24.0 Å². The zero-order valence-corrected chi connectivity index (χ0v) is 15.1. The molecule has 1 aliphatic carbocycles. The molecule has 1 aromatic carbocycles. The number of carbonyl (C=O) groups is 1. The molecule has 1 atom stereocenters. The Kier molecular flexibility index (Phi) is 4.77. The van der Waals surface area contributed by atoms with Crippen molar-refractivity contribution in [3.63, 3.8) is 0 Å². The van der Waals surface area contributed by atoms with Gasteiger partial charge in [-0.2, -0.15) is 9.36 Å². The molecule has 1 unspecified atom stereocenters. The van der Waals surface area contributed by atoms with E-state index in [0.717, 1.165) is 34.6 Å². The maximum Gasteiger partial charge on any atom is 0.275 e. The van der Waals surface area contributed by atoms with Gasteiger partial charge in [0.25, 0.3) is 5.91 Å². The first-order valence-electron chi connectivity index (χ1n) is 8.15. The van der Waals surface area contributed by atoms with E-state index < -0.39 is 0 Å². The number of amides is 1. The molecule has 1 saturated carbocycles. The van der Waals surface area contributed by atoms with E-state index in [1.807, 2.05) is 33.0 Å². The van der Waals surface area contributed by atoms with Crippen molar-refractivity contribution in [1.29, 1.82) is 0 Å². The summed E-state index contributed by atoms with van der Waals surface area (Å²) in [6, 6.07) is 6.54. The number of hydrogen-bond donors (Lipinski definition) is 2. The molecule has 1 heterocycles. The van der Waals surface area contributed by atoms with Crippen molar-refractivity contribution in [2.24, 2.45) is 0 Å². The lowest BCUT2D eigenvalue weighted by molar-refractivity contribution is -0.895. The molecule has 1 aromatic heterocycles. The van der Waals surface area contributed by atoms with E-state index >= 15 is 0 Å². The topological polar surface area (TPSA) is 69.2 Å². The van der Waals surface area contributed by atoms with Crippen molar-refractivity contribution in [3.8, 4) is 5.69 Å². The second kappa shape index (κ2) is 6.82. The Morgan fingerprint density at radius 1 is 1.38 bits per heavy atom. The summed E-state index contributed by atoms with van der Waals surface area (Å²) in [4.78, 5) is 12.9. The average molecular weight is 347 g/mol. The summed E-state index contributed by atoms with van der Waals surface area (Å²) in [6.45, 7) is 4.96. The van der Waals surface area contributed by atoms with E-state index in [0.29, 0.717) is 24.0 Å². The molecule has 24 heavy (non-hydrogen) atoms. The van der Waals surface area contributed by atoms with Gasteiger partial charge in [-0.1, -0.05) is 12.1 Å². The number of carbonyl (C=O) groups excluding carboxylic acids is 1. The van der Waals surface area contributed by atoms with Crippen LogP contribution in [-0.4, -0.2) is 45.3 Å². The van der Waals surface area contributed by atoms with Crippen LogP contribution in [0, 0.1) is 18.6 Å². The molecular formula is C16H23N6OS+. The summed E-state index contributed by atoms with van der Waals surface area (Å²) >= 11 is 5.51. The highest BCUT2D eigenvalue weighted by molar-refractivity contribution is 7.71. The summed E-state index contributed by atoms with van der Waals surface area (Å²) in [5.41, 5.74) is 3.18. The second-order valence-corrected chi connectivity index (χ2v) is 6.96. The Morgan fingerprint density at radius 2 is 2.12 bits per heavy atom. The summed E-state index contributed by atoms with van der Waals surface area (Å²) in [5, 5.41) is 11.3. The molecule has 2 N–H and O–H groups in total. The SMILES string of the molecule is Cc1ccc(C)c(-n2nnn(C[NH+](C)CC(=O)NC3CC3)c2=S)c1. The third-order valence-electron chi connectivity index (χ3n) is 4.06. The quantitative estimate of drug-likeness (QED) is 0.731. The number of hydrogen-bond acceptors (Lipinski definition) is 4. The molecule has 128 valence electrons. The van der Waals surface area contributed by atoms with Crippen molar-refractivity contribution >= 4 is 18.1 Å². The standard InChI is InChI=1S/C16H22N6OS/c1-11-4-5-12(2)14(8-11)22-16(24)21(18-19-22)10-20(3)9-15(23)17-13-6-7-13/h4-5,8,13H,6-7,9-10H2,1-3H3,(H,17,23)/p+1. The van der Waals surface area contributed by atoms with E-state index in [1.165, 1.54) is 0 Å². The monoisotopic (exact) mass is 347 g/mol. The van der Waals surface area contributed by atoms with E-state index in [9.17, 15) is 4.79 Å². The summed E-state index contributed by atoms with van der Waals surface area (Å²) < 4.78 is 3.87. The molecule has 2 aromatic rings. The highest BCUT2D eigenvalue weighted by atomic mass is 32.1. The lowest BCUT2D eigenvalue weighted by atomic mass is 10.1. The zero-order valence-electron chi connectivity index (χ0n) is 14.2. The number of rotatable bonds is 6. The molecule has 7 nitrogen and oxygen atoms in total. The van der Waals surface area contributed by atoms with Crippen LogP contribution in [0.5, 0.6) is 0 Å². The van der Waals surface area contributed by atoms with Gasteiger partial charge < -0.3 is 10.2 Å². The first kappa shape index (κ1) is 16.8. The molecule has 8 heteroatoms. The van der Waals surface area contributed by atoms with Gasteiger partial charge in [-0.3, -0.25) is 4.79 Å². The fraction of sp³-hybridized carbons (Fsp3) is 0.500. The highest BCUT2D eigenvalue weighted by Crippen LogP contribution is 2.18. The van der Waals surface area contributed by atoms with Gasteiger partial charge in [-0.25, -0.2) is 0 Å². The number of tetrazole rings is 1. The molecule has 0 radical (unpaired) electrons. The molecule has 0 bridgehead atoms. The number of quaternary nitrogens is 1. The number of nitrogens with zero attached hydrogens (tertiary/aromatic N) is 4. The van der Waals surface area contributed by atoms with Crippen LogP contribution in [0.25, 0.3) is 5.69 Å². The summed E-state index contributed by atoms with van der Waals surface area (Å²) in [7, 11) is 1.95. The summed E-state index contributed by atoms with van der Waals surface area (Å²) in [5.74, 6) is 0.0726.